The normalized spacial score (nSPS) is 29.3. The van der Waals surface area contributed by atoms with Crippen molar-refractivity contribution in [2.24, 2.45) is 0 Å². The maximum Gasteiger partial charge on any atom is 0.237 e. The van der Waals surface area contributed by atoms with E-state index in [9.17, 15) is 9.90 Å². The Bertz CT molecular complexity index is 553. The van der Waals surface area contributed by atoms with E-state index in [1.165, 1.54) is 12.8 Å². The van der Waals surface area contributed by atoms with Gasteiger partial charge in [-0.15, -0.1) is 0 Å². The lowest BCUT2D eigenvalue weighted by atomic mass is 10.0. The second kappa shape index (κ2) is 5.87. The summed E-state index contributed by atoms with van der Waals surface area (Å²) in [4.78, 5) is 17.1. The predicted octanol–water partition coefficient (Wildman–Crippen LogP) is 0.632. The molecule has 126 valence electrons. The van der Waals surface area contributed by atoms with Gasteiger partial charge in [0.15, 0.2) is 0 Å². The summed E-state index contributed by atoms with van der Waals surface area (Å²) in [5, 5.41) is 21.1. The van der Waals surface area contributed by atoms with Crippen LogP contribution in [-0.4, -0.2) is 67.9 Å². The van der Waals surface area contributed by atoms with E-state index in [4.69, 9.17) is 0 Å². The van der Waals surface area contributed by atoms with Gasteiger partial charge < -0.3 is 10.0 Å². The van der Waals surface area contributed by atoms with Crippen LogP contribution in [0.15, 0.2) is 6.20 Å². The van der Waals surface area contributed by atoms with Gasteiger partial charge >= 0.3 is 0 Å². The third-order valence-electron chi connectivity index (χ3n) is 5.52. The number of nitrogens with one attached hydrogen (secondary N) is 1. The van der Waals surface area contributed by atoms with Crippen molar-refractivity contribution in [2.45, 2.75) is 62.6 Å². The third-order valence-corrected chi connectivity index (χ3v) is 5.52. The number of H-pyrrole nitrogens is 1. The molecule has 0 unspecified atom stereocenters. The summed E-state index contributed by atoms with van der Waals surface area (Å²) in [5.41, 5.74) is -0.410. The molecular weight excluding hydrogens is 294 g/mol. The number of aromatic nitrogens is 3. The van der Waals surface area contributed by atoms with Gasteiger partial charge in [-0.1, -0.05) is 12.8 Å². The molecule has 7 nitrogen and oxygen atoms in total. The van der Waals surface area contributed by atoms with Gasteiger partial charge in [-0.3, -0.25) is 9.69 Å². The minimum Gasteiger partial charge on any atom is -0.382 e. The molecule has 0 bridgehead atoms. The molecule has 0 radical (unpaired) electrons. The number of aromatic amines is 1. The maximum atomic E-state index is 12.8. The van der Waals surface area contributed by atoms with Gasteiger partial charge in [-0.25, -0.2) is 0 Å². The van der Waals surface area contributed by atoms with Crippen LogP contribution in [0.3, 0.4) is 0 Å². The van der Waals surface area contributed by atoms with Crippen LogP contribution in [0.25, 0.3) is 0 Å². The molecule has 2 N–H and O–H groups in total. The quantitative estimate of drug-likeness (QED) is 0.831. The van der Waals surface area contributed by atoms with E-state index in [0.717, 1.165) is 32.2 Å². The van der Waals surface area contributed by atoms with E-state index >= 15 is 0 Å². The van der Waals surface area contributed by atoms with Crippen LogP contribution in [0, 0.1) is 0 Å². The van der Waals surface area contributed by atoms with Gasteiger partial charge in [-0.2, -0.15) is 15.4 Å². The second-order valence-electron chi connectivity index (χ2n) is 7.32. The lowest BCUT2D eigenvalue weighted by Crippen LogP contribution is -2.46. The molecule has 0 spiro atoms. The third kappa shape index (κ3) is 2.99. The number of β-amino-alcohol motifs (C(OH)–C–C–N with tert-alkyl or cyclic N) is 1. The standard InChI is InChI=1S/C16H25N5O2/c22-15(21(13-5-6-13)12-3-1-2-4-12)10-20-8-7-16(23,11-20)14-9-17-19-18-14/h9,12-13,23H,1-8,10-11H2,(H,17,18,19)/t16-/m1/s1. The zero-order valence-corrected chi connectivity index (χ0v) is 13.4. The fourth-order valence-corrected chi connectivity index (χ4v) is 4.15. The van der Waals surface area contributed by atoms with Crippen molar-refractivity contribution >= 4 is 5.91 Å². The maximum absolute atomic E-state index is 12.8. The Kier molecular flexibility index (Phi) is 3.85. The number of carbonyl (C=O) groups excluding carboxylic acids is 1. The SMILES string of the molecule is O=C(CN1CC[C@](O)(c2cn[nH]n2)C1)N(C1CCCC1)C1CC1. The molecule has 0 aromatic carbocycles. The Morgan fingerprint density at radius 2 is 2.09 bits per heavy atom. The van der Waals surface area contributed by atoms with Crippen LogP contribution in [0.1, 0.15) is 50.6 Å². The highest BCUT2D eigenvalue weighted by Gasteiger charge is 2.43. The largest absolute Gasteiger partial charge is 0.382 e. The van der Waals surface area contributed by atoms with E-state index in [0.29, 0.717) is 37.3 Å². The van der Waals surface area contributed by atoms with Crippen LogP contribution in [0.4, 0.5) is 0 Å². The molecule has 7 heteroatoms. The number of rotatable bonds is 5. The fraction of sp³-hybridized carbons (Fsp3) is 0.812. The number of hydrogen-bond donors (Lipinski definition) is 2. The molecule has 23 heavy (non-hydrogen) atoms. The Morgan fingerprint density at radius 1 is 1.35 bits per heavy atom. The molecule has 2 aliphatic carbocycles. The summed E-state index contributed by atoms with van der Waals surface area (Å²) in [6.45, 7) is 1.58. The first-order valence-corrected chi connectivity index (χ1v) is 8.78. The van der Waals surface area contributed by atoms with Crippen molar-refractivity contribution in [3.8, 4) is 0 Å². The topological polar surface area (TPSA) is 85.3 Å². The number of likely N-dealkylation sites (tertiary alicyclic amines) is 1. The molecule has 2 saturated carbocycles. The highest BCUT2D eigenvalue weighted by Crippen LogP contribution is 2.35. The molecule has 1 amide bonds. The average Bonchev–Trinajstić information content (AvgIpc) is 2.99. The summed E-state index contributed by atoms with van der Waals surface area (Å²) >= 11 is 0. The van der Waals surface area contributed by atoms with Crippen LogP contribution >= 0.6 is 0 Å². The zero-order valence-electron chi connectivity index (χ0n) is 13.4. The van der Waals surface area contributed by atoms with Gasteiger partial charge in [0.25, 0.3) is 0 Å². The number of carbonyl (C=O) groups is 1. The molecule has 1 aliphatic heterocycles. The van der Waals surface area contributed by atoms with Crippen molar-refractivity contribution in [3.63, 3.8) is 0 Å². The van der Waals surface area contributed by atoms with Crippen molar-refractivity contribution in [1.29, 1.82) is 0 Å². The molecule has 3 aliphatic rings. The summed E-state index contributed by atoms with van der Waals surface area (Å²) in [5.74, 6) is 0.240. The average molecular weight is 319 g/mol. The molecule has 1 atom stereocenters. The van der Waals surface area contributed by atoms with Crippen LogP contribution in [-0.2, 0) is 10.4 Å². The summed E-state index contributed by atoms with van der Waals surface area (Å²) in [6.07, 6.45) is 9.29. The predicted molar refractivity (Wildman–Crippen MR) is 83.5 cm³/mol. The Morgan fingerprint density at radius 3 is 2.74 bits per heavy atom. The number of aliphatic hydroxyl groups is 1. The molecular formula is C16H25N5O2. The lowest BCUT2D eigenvalue weighted by Gasteiger charge is -2.31. The van der Waals surface area contributed by atoms with E-state index in [1.807, 2.05) is 0 Å². The van der Waals surface area contributed by atoms with Crippen LogP contribution in [0.2, 0.25) is 0 Å². The number of nitrogens with zero attached hydrogens (tertiary/aromatic N) is 4. The van der Waals surface area contributed by atoms with Crippen molar-refractivity contribution in [1.82, 2.24) is 25.2 Å². The molecule has 1 aromatic heterocycles. The minimum atomic E-state index is -0.981. The van der Waals surface area contributed by atoms with Crippen LogP contribution < -0.4 is 0 Å². The Hall–Kier alpha value is -1.47. The smallest absolute Gasteiger partial charge is 0.237 e. The van der Waals surface area contributed by atoms with Crippen molar-refractivity contribution in [3.05, 3.63) is 11.9 Å². The number of amides is 1. The highest BCUT2D eigenvalue weighted by molar-refractivity contribution is 5.79. The first-order chi connectivity index (χ1) is 11.2. The molecule has 1 aromatic rings. The van der Waals surface area contributed by atoms with Gasteiger partial charge in [0.1, 0.15) is 11.3 Å². The van der Waals surface area contributed by atoms with Gasteiger partial charge in [0.05, 0.1) is 12.7 Å². The van der Waals surface area contributed by atoms with Gasteiger partial charge in [0.2, 0.25) is 5.91 Å². The lowest BCUT2D eigenvalue weighted by molar-refractivity contribution is -0.135. The molecule has 4 rings (SSSR count). The fourth-order valence-electron chi connectivity index (χ4n) is 4.15. The summed E-state index contributed by atoms with van der Waals surface area (Å²) < 4.78 is 0. The molecule has 2 heterocycles. The first-order valence-electron chi connectivity index (χ1n) is 8.78. The van der Waals surface area contributed by atoms with E-state index in [2.05, 4.69) is 25.2 Å². The minimum absolute atomic E-state index is 0.240. The Labute approximate surface area is 136 Å². The van der Waals surface area contributed by atoms with Crippen LogP contribution in [0.5, 0.6) is 0 Å². The van der Waals surface area contributed by atoms with Crippen molar-refractivity contribution < 1.29 is 9.90 Å². The monoisotopic (exact) mass is 319 g/mol. The Balaban J connectivity index is 1.39. The second-order valence-corrected chi connectivity index (χ2v) is 7.32. The van der Waals surface area contributed by atoms with Crippen molar-refractivity contribution in [2.75, 3.05) is 19.6 Å². The van der Waals surface area contributed by atoms with E-state index < -0.39 is 5.60 Å². The molecule has 1 saturated heterocycles. The summed E-state index contributed by atoms with van der Waals surface area (Å²) in [7, 11) is 0. The van der Waals surface area contributed by atoms with E-state index in [1.54, 1.807) is 6.20 Å². The summed E-state index contributed by atoms with van der Waals surface area (Å²) in [6, 6.07) is 0.926. The first kappa shape index (κ1) is 15.1. The van der Waals surface area contributed by atoms with E-state index in [-0.39, 0.29) is 5.91 Å². The number of hydrogen-bond acceptors (Lipinski definition) is 5. The zero-order chi connectivity index (χ0) is 15.9. The van der Waals surface area contributed by atoms with Gasteiger partial charge in [0, 0.05) is 25.2 Å². The van der Waals surface area contributed by atoms with Gasteiger partial charge in [-0.05, 0) is 32.1 Å². The highest BCUT2D eigenvalue weighted by atomic mass is 16.3. The molecule has 3 fully saturated rings.